The Hall–Kier alpha value is -3.55. The number of benzene rings is 2. The lowest BCUT2D eigenvalue weighted by atomic mass is 10.0. The number of amides is 2. The van der Waals surface area contributed by atoms with Crippen LogP contribution in [0.5, 0.6) is 0 Å². The first-order valence-electron chi connectivity index (χ1n) is 10.3. The van der Waals surface area contributed by atoms with Crippen molar-refractivity contribution >= 4 is 22.6 Å². The lowest BCUT2D eigenvalue weighted by Crippen LogP contribution is -2.53. The number of fused-ring (bicyclic) bond motifs is 2. The molecule has 7 nitrogen and oxygen atoms in total. The molecule has 5 rings (SSSR count). The Morgan fingerprint density at radius 3 is 2.77 bits per heavy atom. The van der Waals surface area contributed by atoms with Gasteiger partial charge < -0.3 is 9.80 Å². The quantitative estimate of drug-likeness (QED) is 0.703. The number of hydrogen-bond donors (Lipinski definition) is 1. The molecule has 1 aromatic heterocycles. The second kappa shape index (κ2) is 7.61. The summed E-state index contributed by atoms with van der Waals surface area (Å²) in [4.78, 5) is 40.4. The van der Waals surface area contributed by atoms with Crippen molar-refractivity contribution < 1.29 is 14.0 Å². The lowest BCUT2D eigenvalue weighted by Gasteiger charge is -2.37. The van der Waals surface area contributed by atoms with Crippen molar-refractivity contribution in [2.45, 2.75) is 25.3 Å². The zero-order valence-corrected chi connectivity index (χ0v) is 16.8. The molecular formula is C23H21FN4O3. The molecule has 0 saturated carbocycles. The maximum absolute atomic E-state index is 14.6. The third-order valence-corrected chi connectivity index (χ3v) is 6.19. The summed E-state index contributed by atoms with van der Waals surface area (Å²) in [6, 6.07) is 11.7. The number of halogens is 1. The molecule has 8 heteroatoms. The third-order valence-electron chi connectivity index (χ3n) is 6.19. The summed E-state index contributed by atoms with van der Waals surface area (Å²) < 4.78 is 14.6. The number of nitrogens with zero attached hydrogens (tertiary/aromatic N) is 3. The molecule has 2 saturated heterocycles. The predicted molar refractivity (Wildman–Crippen MR) is 112 cm³/mol. The van der Waals surface area contributed by atoms with Gasteiger partial charge >= 0.3 is 0 Å². The van der Waals surface area contributed by atoms with E-state index >= 15 is 0 Å². The topological polar surface area (TPSA) is 86.4 Å². The smallest absolute Gasteiger partial charge is 0.272 e. The number of H-pyrrole nitrogens is 1. The molecule has 3 heterocycles. The van der Waals surface area contributed by atoms with Crippen LogP contribution < -0.4 is 5.56 Å². The van der Waals surface area contributed by atoms with Gasteiger partial charge in [-0.1, -0.05) is 24.3 Å². The van der Waals surface area contributed by atoms with Gasteiger partial charge in [0.05, 0.1) is 16.6 Å². The average Bonchev–Trinajstić information content (AvgIpc) is 3.17. The van der Waals surface area contributed by atoms with Gasteiger partial charge in [0.25, 0.3) is 11.5 Å². The van der Waals surface area contributed by atoms with Crippen LogP contribution in [0.25, 0.3) is 10.8 Å². The first kappa shape index (κ1) is 19.4. The van der Waals surface area contributed by atoms with E-state index < -0.39 is 5.82 Å². The van der Waals surface area contributed by atoms with Crippen LogP contribution in [0, 0.1) is 5.82 Å². The molecule has 2 amide bonds. The van der Waals surface area contributed by atoms with Crippen molar-refractivity contribution in [3.8, 4) is 0 Å². The average molecular weight is 420 g/mol. The molecule has 2 fully saturated rings. The fraction of sp³-hybridized carbons (Fsp3) is 0.304. The van der Waals surface area contributed by atoms with Crippen LogP contribution in [-0.4, -0.2) is 57.5 Å². The Bertz CT molecular complexity index is 1260. The van der Waals surface area contributed by atoms with Crippen LogP contribution in [0.1, 0.15) is 34.5 Å². The minimum Gasteiger partial charge on any atom is -0.336 e. The molecule has 1 N–H and O–H groups in total. The van der Waals surface area contributed by atoms with Crippen LogP contribution in [0.3, 0.4) is 0 Å². The van der Waals surface area contributed by atoms with Gasteiger partial charge in [-0.15, -0.1) is 0 Å². The summed E-state index contributed by atoms with van der Waals surface area (Å²) in [5.74, 6) is -0.804. The molecule has 2 aromatic carbocycles. The molecule has 3 aromatic rings. The first-order chi connectivity index (χ1) is 15.0. The van der Waals surface area contributed by atoms with Gasteiger partial charge in [-0.2, -0.15) is 5.10 Å². The van der Waals surface area contributed by atoms with Gasteiger partial charge in [0.2, 0.25) is 5.91 Å². The minimum absolute atomic E-state index is 0.0176. The van der Waals surface area contributed by atoms with Crippen LogP contribution >= 0.6 is 0 Å². The van der Waals surface area contributed by atoms with Gasteiger partial charge in [-0.25, -0.2) is 9.49 Å². The van der Waals surface area contributed by atoms with E-state index in [1.165, 1.54) is 6.07 Å². The van der Waals surface area contributed by atoms with E-state index in [2.05, 4.69) is 10.2 Å². The molecule has 2 aliphatic heterocycles. The highest BCUT2D eigenvalue weighted by atomic mass is 19.1. The molecule has 31 heavy (non-hydrogen) atoms. The fourth-order valence-electron chi connectivity index (χ4n) is 4.57. The van der Waals surface area contributed by atoms with Crippen LogP contribution in [-0.2, 0) is 11.2 Å². The number of aromatic amines is 1. The highest BCUT2D eigenvalue weighted by Gasteiger charge is 2.37. The molecule has 2 aliphatic rings. The number of rotatable bonds is 3. The molecule has 0 bridgehead atoms. The van der Waals surface area contributed by atoms with Gasteiger partial charge in [-0.3, -0.25) is 14.4 Å². The van der Waals surface area contributed by atoms with Crippen LogP contribution in [0.15, 0.2) is 47.3 Å². The molecular weight excluding hydrogens is 399 g/mol. The number of carbonyl (C=O) groups is 2. The Morgan fingerprint density at radius 1 is 1.13 bits per heavy atom. The van der Waals surface area contributed by atoms with Gasteiger partial charge in [0.1, 0.15) is 5.82 Å². The normalized spacial score (nSPS) is 18.5. The minimum atomic E-state index is -0.571. The maximum Gasteiger partial charge on any atom is 0.272 e. The fourth-order valence-corrected chi connectivity index (χ4v) is 4.57. The number of nitrogens with one attached hydrogen (secondary N) is 1. The maximum atomic E-state index is 14.6. The standard InChI is InChI=1S/C23H21FN4O3/c24-19-7-5-14(12-20-16-3-1-2-4-17(16)22(30)26-25-20)11-18(19)23(31)27-9-10-28-15(13-27)6-8-21(28)29/h1-5,7,11,15H,6,8-10,12-13H2,(H,26,30)/t15-/m1/s1. The molecule has 0 aliphatic carbocycles. The van der Waals surface area contributed by atoms with Gasteiger partial charge in [0.15, 0.2) is 0 Å². The SMILES string of the molecule is O=C(c1cc(Cc2n[nH]c(=O)c3ccccc23)ccc1F)N1CCN2C(=O)CC[C@@H]2C1. The summed E-state index contributed by atoms with van der Waals surface area (Å²) in [5.41, 5.74) is 1.13. The lowest BCUT2D eigenvalue weighted by molar-refractivity contribution is -0.130. The molecule has 0 spiro atoms. The van der Waals surface area contributed by atoms with E-state index in [9.17, 15) is 18.8 Å². The molecule has 0 radical (unpaired) electrons. The number of aromatic nitrogens is 2. The van der Waals surface area contributed by atoms with E-state index in [4.69, 9.17) is 0 Å². The van der Waals surface area contributed by atoms with Crippen molar-refractivity contribution in [3.63, 3.8) is 0 Å². The van der Waals surface area contributed by atoms with E-state index in [0.29, 0.717) is 43.6 Å². The summed E-state index contributed by atoms with van der Waals surface area (Å²) >= 11 is 0. The monoisotopic (exact) mass is 420 g/mol. The van der Waals surface area contributed by atoms with E-state index in [-0.39, 0.29) is 29.0 Å². The zero-order chi connectivity index (χ0) is 21.5. The zero-order valence-electron chi connectivity index (χ0n) is 16.8. The summed E-state index contributed by atoms with van der Waals surface area (Å²) in [7, 11) is 0. The summed E-state index contributed by atoms with van der Waals surface area (Å²) in [6.07, 6.45) is 1.59. The highest BCUT2D eigenvalue weighted by Crippen LogP contribution is 2.25. The van der Waals surface area contributed by atoms with Crippen molar-refractivity contribution in [2.24, 2.45) is 0 Å². The predicted octanol–water partition coefficient (Wildman–Crippen LogP) is 2.10. The van der Waals surface area contributed by atoms with Crippen LogP contribution in [0.2, 0.25) is 0 Å². The van der Waals surface area contributed by atoms with E-state index in [0.717, 1.165) is 17.4 Å². The molecule has 1 atom stereocenters. The third kappa shape index (κ3) is 3.48. The van der Waals surface area contributed by atoms with E-state index in [1.54, 1.807) is 29.2 Å². The van der Waals surface area contributed by atoms with Crippen molar-refractivity contribution in [1.82, 2.24) is 20.0 Å². The van der Waals surface area contributed by atoms with Crippen molar-refractivity contribution in [1.29, 1.82) is 0 Å². The highest BCUT2D eigenvalue weighted by molar-refractivity contribution is 5.95. The summed E-state index contributed by atoms with van der Waals surface area (Å²) in [5, 5.41) is 7.93. The van der Waals surface area contributed by atoms with Crippen molar-refractivity contribution in [2.75, 3.05) is 19.6 Å². The second-order valence-corrected chi connectivity index (χ2v) is 8.07. The van der Waals surface area contributed by atoms with Gasteiger partial charge in [-0.05, 0) is 30.2 Å². The Labute approximate surface area is 177 Å². The van der Waals surface area contributed by atoms with Gasteiger partial charge in [0, 0.05) is 43.9 Å². The molecule has 158 valence electrons. The number of piperazine rings is 1. The largest absolute Gasteiger partial charge is 0.336 e. The van der Waals surface area contributed by atoms with Crippen LogP contribution in [0.4, 0.5) is 4.39 Å². The Kier molecular flexibility index (Phi) is 4.77. The second-order valence-electron chi connectivity index (χ2n) is 8.07. The summed E-state index contributed by atoms with van der Waals surface area (Å²) in [6.45, 7) is 1.32. The number of carbonyl (C=O) groups excluding carboxylic acids is 2. The first-order valence-corrected chi connectivity index (χ1v) is 10.3. The Balaban J connectivity index is 1.41. The van der Waals surface area contributed by atoms with E-state index in [1.807, 2.05) is 17.0 Å². The Morgan fingerprint density at radius 2 is 1.94 bits per heavy atom. The van der Waals surface area contributed by atoms with Crippen molar-refractivity contribution in [3.05, 3.63) is 75.5 Å². The molecule has 0 unspecified atom stereocenters. The number of hydrogen-bond acceptors (Lipinski definition) is 4.